The zero-order valence-corrected chi connectivity index (χ0v) is 14.8. The number of hydrogen-bond acceptors (Lipinski definition) is 7. The van der Waals surface area contributed by atoms with E-state index in [-0.39, 0.29) is 28.6 Å². The lowest BCUT2D eigenvalue weighted by Gasteiger charge is -2.28. The van der Waals surface area contributed by atoms with Crippen molar-refractivity contribution in [2.24, 2.45) is 11.5 Å². The first-order valence-electron chi connectivity index (χ1n) is 8.35. The van der Waals surface area contributed by atoms with Crippen LogP contribution < -0.4 is 11.5 Å². The number of benzene rings is 2. The predicted molar refractivity (Wildman–Crippen MR) is 103 cm³/mol. The Morgan fingerprint density at radius 3 is 2.61 bits per heavy atom. The van der Waals surface area contributed by atoms with Gasteiger partial charge in [0.1, 0.15) is 11.6 Å². The van der Waals surface area contributed by atoms with Gasteiger partial charge in [0.05, 0.1) is 10.8 Å². The average molecular weight is 375 g/mol. The van der Waals surface area contributed by atoms with Crippen LogP contribution in [0.1, 0.15) is 17.0 Å². The molecule has 1 aliphatic rings. The second-order valence-electron chi connectivity index (χ2n) is 6.21. The molecule has 1 aliphatic heterocycles. The third kappa shape index (κ3) is 3.54. The maximum atomic E-state index is 11.2. The molecule has 0 amide bonds. The molecule has 2 aromatic carbocycles. The van der Waals surface area contributed by atoms with E-state index >= 15 is 0 Å². The van der Waals surface area contributed by atoms with Gasteiger partial charge in [0.15, 0.2) is 0 Å². The van der Waals surface area contributed by atoms with Crippen molar-refractivity contribution in [3.05, 3.63) is 98.6 Å². The van der Waals surface area contributed by atoms with Crippen LogP contribution in [0.2, 0.25) is 0 Å². The largest absolute Gasteiger partial charge is 0.422 e. The topological polar surface area (TPSA) is 152 Å². The Bertz CT molecular complexity index is 1050. The first-order chi connectivity index (χ1) is 13.4. The number of nitro groups is 1. The van der Waals surface area contributed by atoms with Crippen molar-refractivity contribution in [1.82, 2.24) is 0 Å². The summed E-state index contributed by atoms with van der Waals surface area (Å²) in [6.45, 7) is 0. The van der Waals surface area contributed by atoms with Gasteiger partial charge in [-0.1, -0.05) is 42.5 Å². The number of nitrogens with one attached hydrogen (secondary N) is 1. The van der Waals surface area contributed by atoms with E-state index in [1.807, 2.05) is 36.4 Å². The summed E-state index contributed by atoms with van der Waals surface area (Å²) in [6.07, 6.45) is 0.325. The molecule has 140 valence electrons. The third-order valence-corrected chi connectivity index (χ3v) is 4.42. The average Bonchev–Trinajstić information content (AvgIpc) is 2.68. The van der Waals surface area contributed by atoms with Gasteiger partial charge in [0, 0.05) is 29.8 Å². The first-order valence-corrected chi connectivity index (χ1v) is 8.35. The molecule has 3 rings (SSSR count). The van der Waals surface area contributed by atoms with Crippen LogP contribution in [0.15, 0.2) is 77.3 Å². The van der Waals surface area contributed by atoms with Gasteiger partial charge in [0.2, 0.25) is 11.8 Å². The molecule has 1 heterocycles. The van der Waals surface area contributed by atoms with Crippen molar-refractivity contribution in [2.75, 3.05) is 0 Å². The molecule has 1 unspecified atom stereocenters. The van der Waals surface area contributed by atoms with Gasteiger partial charge in [-0.3, -0.25) is 15.5 Å². The van der Waals surface area contributed by atoms with E-state index in [2.05, 4.69) is 0 Å². The van der Waals surface area contributed by atoms with Crippen LogP contribution in [0.25, 0.3) is 0 Å². The summed E-state index contributed by atoms with van der Waals surface area (Å²) in [4.78, 5) is 10.6. The SMILES string of the molecule is N#CC1=C(N)OC(=N)C(=C(N)Cc2ccccc2)C1c1cccc([N+](=O)[O-])c1. The molecule has 1 atom stereocenters. The molecular weight excluding hydrogens is 358 g/mol. The minimum Gasteiger partial charge on any atom is -0.422 e. The number of nitriles is 1. The quantitative estimate of drug-likeness (QED) is 0.552. The monoisotopic (exact) mass is 375 g/mol. The molecule has 0 spiro atoms. The highest BCUT2D eigenvalue weighted by molar-refractivity contribution is 5.96. The van der Waals surface area contributed by atoms with Crippen LogP contribution in [0.4, 0.5) is 5.69 Å². The summed E-state index contributed by atoms with van der Waals surface area (Å²) < 4.78 is 5.24. The van der Waals surface area contributed by atoms with E-state index in [4.69, 9.17) is 21.6 Å². The van der Waals surface area contributed by atoms with Crippen molar-refractivity contribution in [2.45, 2.75) is 12.3 Å². The maximum absolute atomic E-state index is 11.2. The van der Waals surface area contributed by atoms with Crippen molar-refractivity contribution in [3.63, 3.8) is 0 Å². The van der Waals surface area contributed by atoms with Crippen molar-refractivity contribution in [1.29, 1.82) is 10.7 Å². The maximum Gasteiger partial charge on any atom is 0.269 e. The number of non-ortho nitro benzene ring substituents is 1. The normalized spacial score (nSPS) is 18.2. The zero-order valence-electron chi connectivity index (χ0n) is 14.8. The van der Waals surface area contributed by atoms with Crippen LogP contribution >= 0.6 is 0 Å². The summed E-state index contributed by atoms with van der Waals surface area (Å²) >= 11 is 0. The highest BCUT2D eigenvalue weighted by Gasteiger charge is 2.35. The predicted octanol–water partition coefficient (Wildman–Crippen LogP) is 2.84. The molecule has 0 saturated carbocycles. The summed E-state index contributed by atoms with van der Waals surface area (Å²) in [7, 11) is 0. The highest BCUT2D eigenvalue weighted by atomic mass is 16.6. The number of hydrogen-bond donors (Lipinski definition) is 3. The van der Waals surface area contributed by atoms with E-state index < -0.39 is 10.8 Å². The molecule has 0 radical (unpaired) electrons. The summed E-state index contributed by atoms with van der Waals surface area (Å²) in [6, 6.07) is 17.2. The Balaban J connectivity index is 2.17. The summed E-state index contributed by atoms with van der Waals surface area (Å²) in [5.41, 5.74) is 14.0. The molecule has 0 aromatic heterocycles. The van der Waals surface area contributed by atoms with Gasteiger partial charge in [-0.15, -0.1) is 0 Å². The third-order valence-electron chi connectivity index (χ3n) is 4.42. The molecule has 5 N–H and O–H groups in total. The molecule has 0 saturated heterocycles. The lowest BCUT2D eigenvalue weighted by Crippen LogP contribution is -2.29. The molecule has 8 nitrogen and oxygen atoms in total. The van der Waals surface area contributed by atoms with Crippen LogP contribution in [-0.4, -0.2) is 10.8 Å². The Kier molecular flexibility index (Phi) is 5.09. The number of nitro benzene ring substituents is 1. The second-order valence-corrected chi connectivity index (χ2v) is 6.21. The Morgan fingerprint density at radius 1 is 1.25 bits per heavy atom. The number of nitrogens with two attached hydrogens (primary N) is 2. The number of ether oxygens (including phenoxy) is 1. The standard InChI is InChI=1S/C20H17N5O3/c21-11-15-17(13-7-4-8-14(10-13)25(26)27)18(20(24)28-19(15)23)16(22)9-12-5-2-1-3-6-12/h1-8,10,17,24H,9,22-23H2. The van der Waals surface area contributed by atoms with E-state index in [1.54, 1.807) is 6.07 Å². The van der Waals surface area contributed by atoms with E-state index in [9.17, 15) is 15.4 Å². The van der Waals surface area contributed by atoms with Crippen molar-refractivity contribution >= 4 is 11.6 Å². The fourth-order valence-electron chi connectivity index (χ4n) is 3.15. The van der Waals surface area contributed by atoms with Crippen LogP contribution in [0.5, 0.6) is 0 Å². The second kappa shape index (κ2) is 7.63. The molecule has 2 aromatic rings. The Labute approximate surface area is 161 Å². The lowest BCUT2D eigenvalue weighted by molar-refractivity contribution is -0.384. The molecule has 28 heavy (non-hydrogen) atoms. The fourth-order valence-corrected chi connectivity index (χ4v) is 3.15. The Hall–Kier alpha value is -4.12. The van der Waals surface area contributed by atoms with E-state index in [0.29, 0.717) is 17.7 Å². The smallest absolute Gasteiger partial charge is 0.269 e. The molecule has 0 aliphatic carbocycles. The van der Waals surface area contributed by atoms with Crippen molar-refractivity contribution in [3.8, 4) is 6.07 Å². The molecule has 0 bridgehead atoms. The number of nitrogens with zero attached hydrogens (tertiary/aromatic N) is 2. The van der Waals surface area contributed by atoms with Crippen LogP contribution in [0.3, 0.4) is 0 Å². The number of rotatable bonds is 4. The lowest BCUT2D eigenvalue weighted by atomic mass is 9.81. The van der Waals surface area contributed by atoms with E-state index in [0.717, 1.165) is 5.56 Å². The minimum absolute atomic E-state index is 0.0579. The zero-order chi connectivity index (χ0) is 20.3. The van der Waals surface area contributed by atoms with Gasteiger partial charge >= 0.3 is 0 Å². The minimum atomic E-state index is -0.824. The number of allylic oxidation sites excluding steroid dienone is 2. The molecule has 0 fully saturated rings. The molecule has 8 heteroatoms. The van der Waals surface area contributed by atoms with Gasteiger partial charge < -0.3 is 16.2 Å². The van der Waals surface area contributed by atoms with Gasteiger partial charge in [-0.05, 0) is 11.1 Å². The van der Waals surface area contributed by atoms with Crippen LogP contribution in [-0.2, 0) is 11.2 Å². The van der Waals surface area contributed by atoms with Gasteiger partial charge in [-0.25, -0.2) is 0 Å². The van der Waals surface area contributed by atoms with Crippen molar-refractivity contribution < 1.29 is 9.66 Å². The van der Waals surface area contributed by atoms with Crippen LogP contribution in [0, 0.1) is 26.9 Å². The molecular formula is C20H17N5O3. The van der Waals surface area contributed by atoms with E-state index in [1.165, 1.54) is 18.2 Å². The highest BCUT2D eigenvalue weighted by Crippen LogP contribution is 2.39. The van der Waals surface area contributed by atoms with Gasteiger partial charge in [0.25, 0.3) is 5.69 Å². The summed E-state index contributed by atoms with van der Waals surface area (Å²) in [5, 5.41) is 29.0. The Morgan fingerprint density at radius 2 is 1.96 bits per heavy atom. The van der Waals surface area contributed by atoms with Gasteiger partial charge in [-0.2, -0.15) is 5.26 Å². The fraction of sp³-hybridized carbons (Fsp3) is 0.100. The summed E-state index contributed by atoms with van der Waals surface area (Å²) in [5.74, 6) is -1.31. The first kappa shape index (κ1) is 18.7.